The van der Waals surface area contributed by atoms with Gasteiger partial charge in [-0.1, -0.05) is 6.07 Å². The third-order valence-electron chi connectivity index (χ3n) is 2.36. The van der Waals surface area contributed by atoms with Gasteiger partial charge < -0.3 is 10.5 Å². The monoisotopic (exact) mass is 232 g/mol. The molecule has 1 aromatic carbocycles. The number of anilines is 1. The van der Waals surface area contributed by atoms with Crippen LogP contribution in [0.4, 0.5) is 10.1 Å². The summed E-state index contributed by atoms with van der Waals surface area (Å²) in [6, 6.07) is 8.29. The fraction of sp³-hybridized carbons (Fsp3) is 0.154. The van der Waals surface area contributed by atoms with Gasteiger partial charge in [0.15, 0.2) is 0 Å². The minimum absolute atomic E-state index is 0.146. The molecule has 0 atom stereocenters. The summed E-state index contributed by atoms with van der Waals surface area (Å²) < 4.78 is 18.6. The molecule has 0 fully saturated rings. The minimum Gasteiger partial charge on any atom is -0.478 e. The van der Waals surface area contributed by atoms with E-state index in [1.165, 1.54) is 6.07 Å². The lowest BCUT2D eigenvalue weighted by Crippen LogP contribution is -1.94. The molecule has 0 aliphatic rings. The van der Waals surface area contributed by atoms with Crippen molar-refractivity contribution < 1.29 is 9.13 Å². The Labute approximate surface area is 99.1 Å². The summed E-state index contributed by atoms with van der Waals surface area (Å²) in [6.45, 7) is 2.43. The molecule has 0 unspecified atom stereocenters. The van der Waals surface area contributed by atoms with Crippen molar-refractivity contribution in [1.82, 2.24) is 4.98 Å². The van der Waals surface area contributed by atoms with Gasteiger partial charge in [-0.3, -0.25) is 0 Å². The Morgan fingerprint density at radius 2 is 2.00 bits per heavy atom. The average molecular weight is 232 g/mol. The number of rotatable bonds is 3. The van der Waals surface area contributed by atoms with Crippen molar-refractivity contribution in [2.24, 2.45) is 0 Å². The molecule has 0 saturated heterocycles. The first-order valence-corrected chi connectivity index (χ1v) is 5.35. The molecule has 0 spiro atoms. The molecule has 0 aliphatic carbocycles. The Morgan fingerprint density at radius 1 is 1.24 bits per heavy atom. The normalized spacial score (nSPS) is 10.2. The zero-order chi connectivity index (χ0) is 12.3. The molecule has 17 heavy (non-hydrogen) atoms. The number of nitrogens with zero attached hydrogens (tertiary/aromatic N) is 1. The molecule has 0 aliphatic heterocycles. The second kappa shape index (κ2) is 4.82. The van der Waals surface area contributed by atoms with Gasteiger partial charge in [-0.05, 0) is 36.2 Å². The van der Waals surface area contributed by atoms with Gasteiger partial charge in [0.05, 0.1) is 12.3 Å². The van der Waals surface area contributed by atoms with Crippen molar-refractivity contribution >= 4 is 5.69 Å². The van der Waals surface area contributed by atoms with Crippen LogP contribution >= 0.6 is 0 Å². The number of halogens is 1. The number of ether oxygens (including phenoxy) is 1. The first kappa shape index (κ1) is 11.4. The predicted molar refractivity (Wildman–Crippen MR) is 65.2 cm³/mol. The van der Waals surface area contributed by atoms with E-state index in [9.17, 15) is 4.39 Å². The van der Waals surface area contributed by atoms with Crippen LogP contribution in [-0.2, 0) is 0 Å². The Morgan fingerprint density at radius 3 is 2.71 bits per heavy atom. The van der Waals surface area contributed by atoms with Gasteiger partial charge in [0.1, 0.15) is 5.82 Å². The summed E-state index contributed by atoms with van der Waals surface area (Å²) in [5.74, 6) is 0.111. The number of nitrogens with two attached hydrogens (primary N) is 1. The molecule has 0 radical (unpaired) electrons. The number of nitrogen functional groups attached to an aromatic ring is 1. The Balaban J connectivity index is 2.38. The van der Waals surface area contributed by atoms with E-state index < -0.39 is 5.82 Å². The first-order valence-electron chi connectivity index (χ1n) is 5.35. The fourth-order valence-electron chi connectivity index (χ4n) is 1.52. The summed E-state index contributed by atoms with van der Waals surface area (Å²) in [5, 5.41) is 0. The SMILES string of the molecule is CCOc1cc(-c2ccc(N)c(F)c2)ccn1. The zero-order valence-electron chi connectivity index (χ0n) is 9.48. The maximum Gasteiger partial charge on any atom is 0.213 e. The Hall–Kier alpha value is -2.10. The maximum absolute atomic E-state index is 13.3. The van der Waals surface area contributed by atoms with Gasteiger partial charge in [0.2, 0.25) is 5.88 Å². The number of benzene rings is 1. The molecule has 1 heterocycles. The highest BCUT2D eigenvalue weighted by molar-refractivity contribution is 5.66. The molecule has 0 bridgehead atoms. The third kappa shape index (κ3) is 2.53. The fourth-order valence-corrected chi connectivity index (χ4v) is 1.52. The van der Waals surface area contributed by atoms with Crippen molar-refractivity contribution in [2.75, 3.05) is 12.3 Å². The summed E-state index contributed by atoms with van der Waals surface area (Å²) in [6.07, 6.45) is 1.63. The van der Waals surface area contributed by atoms with E-state index in [0.29, 0.717) is 12.5 Å². The molecule has 0 saturated carbocycles. The van der Waals surface area contributed by atoms with Gasteiger partial charge >= 0.3 is 0 Å². The van der Waals surface area contributed by atoms with E-state index in [4.69, 9.17) is 10.5 Å². The number of hydrogen-bond donors (Lipinski definition) is 1. The van der Waals surface area contributed by atoms with Crippen LogP contribution in [0.3, 0.4) is 0 Å². The van der Waals surface area contributed by atoms with Crippen LogP contribution in [0, 0.1) is 5.82 Å². The highest BCUT2D eigenvalue weighted by Gasteiger charge is 2.04. The molecular formula is C13H13FN2O. The lowest BCUT2D eigenvalue weighted by molar-refractivity contribution is 0.327. The lowest BCUT2D eigenvalue weighted by atomic mass is 10.1. The Bertz CT molecular complexity index is 529. The first-order chi connectivity index (χ1) is 8.20. The molecule has 3 nitrogen and oxygen atoms in total. The zero-order valence-corrected chi connectivity index (χ0v) is 9.48. The topological polar surface area (TPSA) is 48.1 Å². The van der Waals surface area contributed by atoms with E-state index in [0.717, 1.165) is 11.1 Å². The molecular weight excluding hydrogens is 219 g/mol. The van der Waals surface area contributed by atoms with E-state index in [1.807, 2.05) is 6.92 Å². The average Bonchev–Trinajstić information content (AvgIpc) is 2.33. The largest absolute Gasteiger partial charge is 0.478 e. The van der Waals surface area contributed by atoms with Crippen LogP contribution in [0.2, 0.25) is 0 Å². The van der Waals surface area contributed by atoms with E-state index in [2.05, 4.69) is 4.98 Å². The van der Waals surface area contributed by atoms with Gasteiger partial charge in [0.25, 0.3) is 0 Å². The van der Waals surface area contributed by atoms with Gasteiger partial charge in [-0.15, -0.1) is 0 Å². The summed E-state index contributed by atoms with van der Waals surface area (Å²) in [4.78, 5) is 4.05. The van der Waals surface area contributed by atoms with Gasteiger partial charge in [-0.2, -0.15) is 0 Å². The van der Waals surface area contributed by atoms with Gasteiger partial charge in [-0.25, -0.2) is 9.37 Å². The van der Waals surface area contributed by atoms with Crippen LogP contribution < -0.4 is 10.5 Å². The number of hydrogen-bond acceptors (Lipinski definition) is 3. The number of pyridine rings is 1. The summed E-state index contributed by atoms with van der Waals surface area (Å²) >= 11 is 0. The highest BCUT2D eigenvalue weighted by atomic mass is 19.1. The summed E-state index contributed by atoms with van der Waals surface area (Å²) in [7, 11) is 0. The van der Waals surface area contributed by atoms with Crippen LogP contribution in [-0.4, -0.2) is 11.6 Å². The van der Waals surface area contributed by atoms with Crippen molar-refractivity contribution in [2.45, 2.75) is 6.92 Å². The molecule has 2 N–H and O–H groups in total. The quantitative estimate of drug-likeness (QED) is 0.828. The standard InChI is InChI=1S/C13H13FN2O/c1-2-17-13-8-10(5-6-16-13)9-3-4-12(15)11(14)7-9/h3-8H,2,15H2,1H3. The minimum atomic E-state index is -0.419. The van der Waals surface area contributed by atoms with Crippen molar-refractivity contribution in [3.05, 3.63) is 42.3 Å². The smallest absolute Gasteiger partial charge is 0.213 e. The van der Waals surface area contributed by atoms with Crippen molar-refractivity contribution in [3.8, 4) is 17.0 Å². The van der Waals surface area contributed by atoms with Crippen LogP contribution in [0.5, 0.6) is 5.88 Å². The molecule has 2 rings (SSSR count). The van der Waals surface area contributed by atoms with E-state index >= 15 is 0 Å². The number of aromatic nitrogens is 1. The second-order valence-corrected chi connectivity index (χ2v) is 3.55. The predicted octanol–water partition coefficient (Wildman–Crippen LogP) is 2.87. The van der Waals surface area contributed by atoms with Crippen molar-refractivity contribution in [1.29, 1.82) is 0 Å². The second-order valence-electron chi connectivity index (χ2n) is 3.55. The summed E-state index contributed by atoms with van der Waals surface area (Å²) in [5.41, 5.74) is 7.18. The lowest BCUT2D eigenvalue weighted by Gasteiger charge is -2.06. The third-order valence-corrected chi connectivity index (χ3v) is 2.36. The van der Waals surface area contributed by atoms with Crippen molar-refractivity contribution in [3.63, 3.8) is 0 Å². The highest BCUT2D eigenvalue weighted by Crippen LogP contribution is 2.24. The molecule has 88 valence electrons. The van der Waals surface area contributed by atoms with Crippen LogP contribution in [0.15, 0.2) is 36.5 Å². The van der Waals surface area contributed by atoms with Crippen LogP contribution in [0.25, 0.3) is 11.1 Å². The molecule has 4 heteroatoms. The molecule has 0 amide bonds. The van der Waals surface area contributed by atoms with E-state index in [1.54, 1.807) is 30.5 Å². The molecule has 2 aromatic rings. The van der Waals surface area contributed by atoms with E-state index in [-0.39, 0.29) is 5.69 Å². The van der Waals surface area contributed by atoms with Gasteiger partial charge in [0, 0.05) is 12.3 Å². The molecule has 1 aromatic heterocycles. The Kier molecular flexibility index (Phi) is 3.23. The van der Waals surface area contributed by atoms with Crippen LogP contribution in [0.1, 0.15) is 6.92 Å². The maximum atomic E-state index is 13.3.